The molecule has 1 heterocycles. The maximum atomic E-state index is 11.4. The molecule has 1 aromatic heterocycles. The number of nitrogens with one attached hydrogen (secondary N) is 2. The van der Waals surface area contributed by atoms with E-state index in [2.05, 4.69) is 4.98 Å². The average molecular weight is 212 g/mol. The first-order chi connectivity index (χ1) is 7.04. The number of carbonyl (C=O) groups is 1. The summed E-state index contributed by atoms with van der Waals surface area (Å²) in [7, 11) is 0. The lowest BCUT2D eigenvalue weighted by Crippen LogP contribution is -2.29. The van der Waals surface area contributed by atoms with Gasteiger partial charge in [0.25, 0.3) is 5.56 Å². The summed E-state index contributed by atoms with van der Waals surface area (Å²) < 4.78 is 4.93. The first-order valence-corrected chi connectivity index (χ1v) is 4.57. The SMILES string of the molecule is CCC(C)OC(=O)c1c[nH]c(=O)[nH]c1=O. The molecule has 0 aliphatic heterocycles. The van der Waals surface area contributed by atoms with E-state index in [1.807, 2.05) is 11.9 Å². The van der Waals surface area contributed by atoms with Crippen molar-refractivity contribution in [3.05, 3.63) is 32.6 Å². The maximum Gasteiger partial charge on any atom is 0.345 e. The average Bonchev–Trinajstić information content (AvgIpc) is 2.17. The van der Waals surface area contributed by atoms with Gasteiger partial charge in [0, 0.05) is 6.20 Å². The van der Waals surface area contributed by atoms with E-state index in [-0.39, 0.29) is 11.7 Å². The van der Waals surface area contributed by atoms with Crippen molar-refractivity contribution in [2.45, 2.75) is 26.4 Å². The molecule has 0 aromatic carbocycles. The van der Waals surface area contributed by atoms with Gasteiger partial charge in [-0.2, -0.15) is 0 Å². The van der Waals surface area contributed by atoms with E-state index in [9.17, 15) is 14.4 Å². The normalized spacial score (nSPS) is 12.1. The molecule has 0 aliphatic rings. The second-order valence-corrected chi connectivity index (χ2v) is 3.11. The number of hydrogen-bond acceptors (Lipinski definition) is 4. The molecule has 0 fully saturated rings. The molecule has 0 aliphatic carbocycles. The second-order valence-electron chi connectivity index (χ2n) is 3.11. The van der Waals surface area contributed by atoms with E-state index in [1.54, 1.807) is 6.92 Å². The number of rotatable bonds is 3. The largest absolute Gasteiger partial charge is 0.459 e. The van der Waals surface area contributed by atoms with E-state index in [0.717, 1.165) is 6.20 Å². The third kappa shape index (κ3) is 2.80. The van der Waals surface area contributed by atoms with Crippen molar-refractivity contribution in [2.75, 3.05) is 0 Å². The minimum absolute atomic E-state index is 0.199. The summed E-state index contributed by atoms with van der Waals surface area (Å²) in [5.41, 5.74) is -1.60. The van der Waals surface area contributed by atoms with Gasteiger partial charge in [-0.05, 0) is 13.3 Å². The Labute approximate surface area is 85.3 Å². The van der Waals surface area contributed by atoms with E-state index >= 15 is 0 Å². The highest BCUT2D eigenvalue weighted by molar-refractivity contribution is 5.88. The number of hydrogen-bond donors (Lipinski definition) is 2. The summed E-state index contributed by atoms with van der Waals surface area (Å²) in [6.45, 7) is 3.58. The minimum atomic E-state index is -0.743. The lowest BCUT2D eigenvalue weighted by Gasteiger charge is -2.09. The zero-order chi connectivity index (χ0) is 11.4. The molecule has 15 heavy (non-hydrogen) atoms. The first kappa shape index (κ1) is 11.2. The standard InChI is InChI=1S/C9H12N2O4/c1-3-5(2)15-8(13)6-4-10-9(14)11-7(6)12/h4-5H,3H2,1-2H3,(H2,10,11,12,14). The Morgan fingerprint density at radius 2 is 2.20 bits per heavy atom. The lowest BCUT2D eigenvalue weighted by molar-refractivity contribution is 0.0331. The fraction of sp³-hybridized carbons (Fsp3) is 0.444. The highest BCUT2D eigenvalue weighted by Gasteiger charge is 2.14. The van der Waals surface area contributed by atoms with Crippen LogP contribution in [0.4, 0.5) is 0 Å². The van der Waals surface area contributed by atoms with Crippen LogP contribution in [0.5, 0.6) is 0 Å². The lowest BCUT2D eigenvalue weighted by atomic mass is 10.3. The Kier molecular flexibility index (Phi) is 3.43. The number of carbonyl (C=O) groups excluding carboxylic acids is 1. The molecular formula is C9H12N2O4. The quantitative estimate of drug-likeness (QED) is 0.691. The molecule has 0 spiro atoms. The number of aromatic nitrogens is 2. The van der Waals surface area contributed by atoms with Gasteiger partial charge >= 0.3 is 11.7 Å². The van der Waals surface area contributed by atoms with Crippen LogP contribution in [-0.4, -0.2) is 22.0 Å². The zero-order valence-corrected chi connectivity index (χ0v) is 8.49. The van der Waals surface area contributed by atoms with E-state index in [4.69, 9.17) is 4.74 Å². The molecule has 82 valence electrons. The van der Waals surface area contributed by atoms with Gasteiger partial charge in [0.05, 0.1) is 6.10 Å². The Morgan fingerprint density at radius 1 is 1.53 bits per heavy atom. The van der Waals surface area contributed by atoms with Gasteiger partial charge in [-0.25, -0.2) is 9.59 Å². The van der Waals surface area contributed by atoms with Crippen molar-refractivity contribution < 1.29 is 9.53 Å². The van der Waals surface area contributed by atoms with Gasteiger partial charge in [-0.3, -0.25) is 9.78 Å². The Morgan fingerprint density at radius 3 is 2.73 bits per heavy atom. The van der Waals surface area contributed by atoms with Crippen LogP contribution in [0, 0.1) is 0 Å². The molecule has 1 atom stereocenters. The summed E-state index contributed by atoms with van der Waals surface area (Å²) in [4.78, 5) is 37.4. The van der Waals surface area contributed by atoms with Crippen LogP contribution in [0.2, 0.25) is 0 Å². The van der Waals surface area contributed by atoms with Crippen molar-refractivity contribution >= 4 is 5.97 Å². The second kappa shape index (κ2) is 4.59. The molecule has 1 rings (SSSR count). The fourth-order valence-corrected chi connectivity index (χ4v) is 0.891. The van der Waals surface area contributed by atoms with Crippen LogP contribution in [0.1, 0.15) is 30.6 Å². The predicted octanol–water partition coefficient (Wildman–Crippen LogP) is 0.0185. The zero-order valence-electron chi connectivity index (χ0n) is 8.49. The maximum absolute atomic E-state index is 11.4. The van der Waals surface area contributed by atoms with Gasteiger partial charge < -0.3 is 9.72 Å². The summed E-state index contributed by atoms with van der Waals surface area (Å²) in [6.07, 6.45) is 1.45. The highest BCUT2D eigenvalue weighted by atomic mass is 16.5. The third-order valence-electron chi connectivity index (χ3n) is 1.92. The van der Waals surface area contributed by atoms with Crippen LogP contribution in [0.25, 0.3) is 0 Å². The van der Waals surface area contributed by atoms with Crippen molar-refractivity contribution in [2.24, 2.45) is 0 Å². The van der Waals surface area contributed by atoms with Crippen molar-refractivity contribution in [3.8, 4) is 0 Å². The topological polar surface area (TPSA) is 92.0 Å². The number of ether oxygens (including phenoxy) is 1. The number of esters is 1. The fourth-order valence-electron chi connectivity index (χ4n) is 0.891. The summed E-state index contributed by atoms with van der Waals surface area (Å²) in [6, 6.07) is 0. The number of H-pyrrole nitrogens is 2. The molecule has 0 amide bonds. The van der Waals surface area contributed by atoms with Crippen LogP contribution >= 0.6 is 0 Å². The van der Waals surface area contributed by atoms with Gasteiger partial charge in [0.2, 0.25) is 0 Å². The van der Waals surface area contributed by atoms with Crippen molar-refractivity contribution in [1.29, 1.82) is 0 Å². The van der Waals surface area contributed by atoms with Crippen molar-refractivity contribution in [1.82, 2.24) is 9.97 Å². The molecule has 0 radical (unpaired) electrons. The van der Waals surface area contributed by atoms with E-state index in [1.165, 1.54) is 0 Å². The van der Waals surface area contributed by atoms with E-state index in [0.29, 0.717) is 6.42 Å². The Bertz CT molecular complexity index is 460. The molecule has 0 saturated heterocycles. The van der Waals surface area contributed by atoms with Crippen LogP contribution < -0.4 is 11.2 Å². The first-order valence-electron chi connectivity index (χ1n) is 4.57. The van der Waals surface area contributed by atoms with E-state index < -0.39 is 17.2 Å². The predicted molar refractivity (Wildman–Crippen MR) is 52.9 cm³/mol. The monoisotopic (exact) mass is 212 g/mol. The summed E-state index contributed by atoms with van der Waals surface area (Å²) in [5.74, 6) is -0.734. The molecule has 6 nitrogen and oxygen atoms in total. The molecule has 6 heteroatoms. The van der Waals surface area contributed by atoms with Gasteiger partial charge in [-0.1, -0.05) is 6.92 Å². The van der Waals surface area contributed by atoms with Crippen molar-refractivity contribution in [3.63, 3.8) is 0 Å². The Balaban J connectivity index is 2.92. The van der Waals surface area contributed by atoms with Crippen LogP contribution in [-0.2, 0) is 4.74 Å². The third-order valence-corrected chi connectivity index (χ3v) is 1.92. The molecular weight excluding hydrogens is 200 g/mol. The molecule has 1 unspecified atom stereocenters. The molecule has 1 aromatic rings. The summed E-state index contributed by atoms with van der Waals surface area (Å²) in [5, 5.41) is 0. The molecule has 0 saturated carbocycles. The molecule has 2 N–H and O–H groups in total. The smallest absolute Gasteiger partial charge is 0.345 e. The summed E-state index contributed by atoms with van der Waals surface area (Å²) >= 11 is 0. The van der Waals surface area contributed by atoms with Crippen LogP contribution in [0.15, 0.2) is 15.8 Å². The van der Waals surface area contributed by atoms with Gasteiger partial charge in [-0.15, -0.1) is 0 Å². The minimum Gasteiger partial charge on any atom is -0.459 e. The van der Waals surface area contributed by atoms with Crippen LogP contribution in [0.3, 0.4) is 0 Å². The Hall–Kier alpha value is -1.85. The van der Waals surface area contributed by atoms with Gasteiger partial charge in [0.1, 0.15) is 5.56 Å². The molecule has 0 bridgehead atoms. The highest BCUT2D eigenvalue weighted by Crippen LogP contribution is 2.00. The number of aromatic amines is 2. The van der Waals surface area contributed by atoms with Gasteiger partial charge in [0.15, 0.2) is 0 Å².